The van der Waals surface area contributed by atoms with Crippen LogP contribution in [0.2, 0.25) is 0 Å². The zero-order valence-corrected chi connectivity index (χ0v) is 18.2. The molecule has 0 bridgehead atoms. The molecular weight excluding hydrogens is 405 g/mol. The molecule has 0 aliphatic carbocycles. The van der Waals surface area contributed by atoms with Crippen molar-refractivity contribution in [1.29, 1.82) is 0 Å². The van der Waals surface area contributed by atoms with Crippen LogP contribution in [0.5, 0.6) is 11.5 Å². The van der Waals surface area contributed by atoms with Crippen molar-refractivity contribution >= 4 is 15.7 Å². The lowest BCUT2D eigenvalue weighted by atomic mass is 10.1. The van der Waals surface area contributed by atoms with Crippen molar-refractivity contribution in [3.05, 3.63) is 83.2 Å². The molecule has 3 aromatic rings. The first-order valence-electron chi connectivity index (χ1n) is 9.32. The molecule has 7 heteroatoms. The quantitative estimate of drug-likeness (QED) is 0.539. The summed E-state index contributed by atoms with van der Waals surface area (Å²) < 4.78 is 52.8. The van der Waals surface area contributed by atoms with Gasteiger partial charge >= 0.3 is 0 Å². The highest BCUT2D eigenvalue weighted by Crippen LogP contribution is 2.34. The second-order valence-electron chi connectivity index (χ2n) is 6.98. The van der Waals surface area contributed by atoms with Crippen LogP contribution in [0.1, 0.15) is 16.7 Å². The molecule has 30 heavy (non-hydrogen) atoms. The summed E-state index contributed by atoms with van der Waals surface area (Å²) >= 11 is 0. The smallest absolute Gasteiger partial charge is 0.264 e. The van der Waals surface area contributed by atoms with Gasteiger partial charge in [0.15, 0.2) is 0 Å². The summed E-state index contributed by atoms with van der Waals surface area (Å²) in [5.41, 5.74) is 2.60. The molecule has 3 aromatic carbocycles. The number of benzene rings is 3. The summed E-state index contributed by atoms with van der Waals surface area (Å²) in [6, 6.07) is 16.2. The van der Waals surface area contributed by atoms with Gasteiger partial charge in [-0.1, -0.05) is 29.8 Å². The maximum absolute atomic E-state index is 13.7. The summed E-state index contributed by atoms with van der Waals surface area (Å²) in [5, 5.41) is 0. The number of hydrogen-bond acceptors (Lipinski definition) is 4. The van der Waals surface area contributed by atoms with E-state index in [0.717, 1.165) is 17.2 Å². The Hall–Kier alpha value is -3.06. The lowest BCUT2D eigenvalue weighted by Crippen LogP contribution is -2.31. The molecule has 0 saturated carbocycles. The van der Waals surface area contributed by atoms with Gasteiger partial charge in [0.05, 0.1) is 31.3 Å². The third kappa shape index (κ3) is 4.57. The van der Waals surface area contributed by atoms with Crippen LogP contribution in [0, 0.1) is 19.7 Å². The standard InChI is InChI=1S/C23H24FNO4S/c1-16-5-7-18(8-6-16)15-25(20-12-21(28-3)14-22(13-20)29-4)30(26,27)23-10-9-19(24)11-17(23)2/h5-14H,15H2,1-4H3. The SMILES string of the molecule is COc1cc(OC)cc(N(Cc2ccc(C)cc2)S(=O)(=O)c2ccc(F)cc2C)c1. The number of halogens is 1. The number of sulfonamides is 1. The molecule has 3 rings (SSSR count). The summed E-state index contributed by atoms with van der Waals surface area (Å²) in [6.07, 6.45) is 0. The molecule has 0 N–H and O–H groups in total. The topological polar surface area (TPSA) is 55.8 Å². The van der Waals surface area contributed by atoms with Crippen molar-refractivity contribution in [2.24, 2.45) is 0 Å². The lowest BCUT2D eigenvalue weighted by Gasteiger charge is -2.26. The second-order valence-corrected chi connectivity index (χ2v) is 8.81. The Balaban J connectivity index is 2.17. The predicted octanol–water partition coefficient (Wildman–Crippen LogP) is 4.86. The highest BCUT2D eigenvalue weighted by atomic mass is 32.2. The van der Waals surface area contributed by atoms with E-state index in [0.29, 0.717) is 22.7 Å². The van der Waals surface area contributed by atoms with Crippen molar-refractivity contribution < 1.29 is 22.3 Å². The third-order valence-corrected chi connectivity index (χ3v) is 6.71. The van der Waals surface area contributed by atoms with Crippen LogP contribution < -0.4 is 13.8 Å². The van der Waals surface area contributed by atoms with Crippen LogP contribution in [0.3, 0.4) is 0 Å². The predicted molar refractivity (Wildman–Crippen MR) is 115 cm³/mol. The van der Waals surface area contributed by atoms with Crippen molar-refractivity contribution in [3.63, 3.8) is 0 Å². The first-order chi connectivity index (χ1) is 14.2. The van der Waals surface area contributed by atoms with E-state index in [2.05, 4.69) is 0 Å². The van der Waals surface area contributed by atoms with Crippen molar-refractivity contribution in [2.75, 3.05) is 18.5 Å². The van der Waals surface area contributed by atoms with Crippen molar-refractivity contribution in [1.82, 2.24) is 0 Å². The Morgan fingerprint density at radius 1 is 0.867 bits per heavy atom. The average molecular weight is 430 g/mol. The van der Waals surface area contributed by atoms with E-state index >= 15 is 0 Å². The van der Waals surface area contributed by atoms with Gasteiger partial charge in [-0.05, 0) is 43.2 Å². The van der Waals surface area contributed by atoms with E-state index in [4.69, 9.17) is 9.47 Å². The van der Waals surface area contributed by atoms with Crippen LogP contribution in [-0.2, 0) is 16.6 Å². The van der Waals surface area contributed by atoms with E-state index in [9.17, 15) is 12.8 Å². The van der Waals surface area contributed by atoms with Gasteiger partial charge in [0.2, 0.25) is 0 Å². The maximum Gasteiger partial charge on any atom is 0.264 e. The third-order valence-electron chi connectivity index (χ3n) is 4.78. The average Bonchev–Trinajstić information content (AvgIpc) is 2.72. The molecule has 0 radical (unpaired) electrons. The molecule has 0 unspecified atom stereocenters. The lowest BCUT2D eigenvalue weighted by molar-refractivity contribution is 0.394. The van der Waals surface area contributed by atoms with Gasteiger partial charge in [0.1, 0.15) is 17.3 Å². The summed E-state index contributed by atoms with van der Waals surface area (Å²) in [6.45, 7) is 3.63. The van der Waals surface area contributed by atoms with Gasteiger partial charge in [0, 0.05) is 18.2 Å². The fraction of sp³-hybridized carbons (Fsp3) is 0.217. The van der Waals surface area contributed by atoms with E-state index < -0.39 is 15.8 Å². The molecule has 0 aromatic heterocycles. The number of anilines is 1. The van der Waals surface area contributed by atoms with Crippen LogP contribution in [0.4, 0.5) is 10.1 Å². The second kappa shape index (κ2) is 8.75. The molecule has 0 atom stereocenters. The first kappa shape index (κ1) is 21.6. The molecule has 5 nitrogen and oxygen atoms in total. The van der Waals surface area contributed by atoms with Gasteiger partial charge in [0.25, 0.3) is 10.0 Å². The summed E-state index contributed by atoms with van der Waals surface area (Å²) in [7, 11) is -1.00. The summed E-state index contributed by atoms with van der Waals surface area (Å²) in [4.78, 5) is 0.0396. The van der Waals surface area contributed by atoms with Crippen LogP contribution >= 0.6 is 0 Å². The van der Waals surface area contributed by atoms with Crippen LogP contribution in [-0.4, -0.2) is 22.6 Å². The van der Waals surface area contributed by atoms with Crippen LogP contribution in [0.25, 0.3) is 0 Å². The monoisotopic (exact) mass is 429 g/mol. The number of ether oxygens (including phenoxy) is 2. The molecule has 0 heterocycles. The number of nitrogens with zero attached hydrogens (tertiary/aromatic N) is 1. The Labute approximate surface area is 176 Å². The Morgan fingerprint density at radius 2 is 1.47 bits per heavy atom. The van der Waals surface area contributed by atoms with Crippen molar-refractivity contribution in [3.8, 4) is 11.5 Å². The Kier molecular flexibility index (Phi) is 6.31. The minimum Gasteiger partial charge on any atom is -0.497 e. The Bertz CT molecular complexity index is 1120. The first-order valence-corrected chi connectivity index (χ1v) is 10.8. The van der Waals surface area contributed by atoms with Crippen molar-refractivity contribution in [2.45, 2.75) is 25.3 Å². The number of rotatable bonds is 7. The minimum absolute atomic E-state index is 0.0396. The number of methoxy groups -OCH3 is 2. The molecular formula is C23H24FNO4S. The largest absolute Gasteiger partial charge is 0.497 e. The Morgan fingerprint density at radius 3 is 2.00 bits per heavy atom. The molecule has 0 aliphatic heterocycles. The zero-order valence-electron chi connectivity index (χ0n) is 17.3. The number of hydrogen-bond donors (Lipinski definition) is 0. The van der Waals surface area contributed by atoms with E-state index in [1.807, 2.05) is 31.2 Å². The maximum atomic E-state index is 13.7. The van der Waals surface area contributed by atoms with Gasteiger partial charge in [-0.2, -0.15) is 0 Å². The summed E-state index contributed by atoms with van der Waals surface area (Å²) in [5.74, 6) is 0.438. The molecule has 0 saturated heterocycles. The van der Waals surface area contributed by atoms with Gasteiger partial charge < -0.3 is 9.47 Å². The molecule has 0 spiro atoms. The van der Waals surface area contributed by atoms with E-state index in [1.54, 1.807) is 25.1 Å². The zero-order chi connectivity index (χ0) is 21.9. The minimum atomic E-state index is -4.00. The van der Waals surface area contributed by atoms with E-state index in [-0.39, 0.29) is 11.4 Å². The highest BCUT2D eigenvalue weighted by Gasteiger charge is 2.28. The van der Waals surface area contributed by atoms with Gasteiger partial charge in [-0.3, -0.25) is 4.31 Å². The normalized spacial score (nSPS) is 11.2. The fourth-order valence-electron chi connectivity index (χ4n) is 3.13. The number of aryl methyl sites for hydroxylation is 2. The van der Waals surface area contributed by atoms with Gasteiger partial charge in [-0.25, -0.2) is 12.8 Å². The van der Waals surface area contributed by atoms with Gasteiger partial charge in [-0.15, -0.1) is 0 Å². The molecule has 0 amide bonds. The molecule has 158 valence electrons. The molecule has 0 fully saturated rings. The molecule has 0 aliphatic rings. The highest BCUT2D eigenvalue weighted by molar-refractivity contribution is 7.92. The fourth-order valence-corrected chi connectivity index (χ4v) is 4.78. The van der Waals surface area contributed by atoms with Crippen LogP contribution in [0.15, 0.2) is 65.6 Å². The van der Waals surface area contributed by atoms with E-state index in [1.165, 1.54) is 30.7 Å².